The quantitative estimate of drug-likeness (QED) is 0.710. The maximum Gasteiger partial charge on any atom is 0.319 e. The van der Waals surface area contributed by atoms with Crippen molar-refractivity contribution in [2.75, 3.05) is 20.1 Å². The van der Waals surface area contributed by atoms with E-state index in [0.717, 1.165) is 19.5 Å². The van der Waals surface area contributed by atoms with Crippen molar-refractivity contribution in [2.24, 2.45) is 11.8 Å². The van der Waals surface area contributed by atoms with Gasteiger partial charge in [-0.25, -0.2) is 4.79 Å². The average molecular weight is 226 g/mol. The minimum Gasteiger partial charge on any atom is -0.325 e. The zero-order valence-electron chi connectivity index (χ0n) is 11.4. The van der Waals surface area contributed by atoms with Gasteiger partial charge in [-0.3, -0.25) is 0 Å². The highest BCUT2D eigenvalue weighted by Gasteiger charge is 2.27. The van der Waals surface area contributed by atoms with E-state index in [1.807, 2.05) is 16.8 Å². The number of carbonyl (C=O) groups is 1. The Morgan fingerprint density at radius 2 is 1.94 bits per heavy atom. The maximum absolute atomic E-state index is 12.2. The second-order valence-electron chi connectivity index (χ2n) is 5.58. The number of likely N-dealkylation sites (tertiary alicyclic amines) is 1. The molecule has 0 aromatic rings. The fourth-order valence-electron chi connectivity index (χ4n) is 2.17. The molecule has 1 saturated heterocycles. The molecule has 3 heteroatoms. The summed E-state index contributed by atoms with van der Waals surface area (Å²) in [4.78, 5) is 16.0. The zero-order chi connectivity index (χ0) is 12.3. The molecular weight excluding hydrogens is 200 g/mol. The molecule has 0 bridgehead atoms. The Labute approximate surface area is 99.8 Å². The highest BCUT2D eigenvalue weighted by Crippen LogP contribution is 2.24. The molecule has 0 aliphatic carbocycles. The van der Waals surface area contributed by atoms with Crippen LogP contribution in [0.1, 0.15) is 40.5 Å². The van der Waals surface area contributed by atoms with E-state index < -0.39 is 0 Å². The van der Waals surface area contributed by atoms with Gasteiger partial charge in [-0.1, -0.05) is 13.8 Å². The van der Waals surface area contributed by atoms with Gasteiger partial charge in [0, 0.05) is 26.2 Å². The maximum atomic E-state index is 12.2. The molecule has 94 valence electrons. The third-order valence-corrected chi connectivity index (χ3v) is 3.75. The Morgan fingerprint density at radius 1 is 1.31 bits per heavy atom. The first-order valence-corrected chi connectivity index (χ1v) is 6.45. The summed E-state index contributed by atoms with van der Waals surface area (Å²) in [5, 5.41) is 0. The predicted octanol–water partition coefficient (Wildman–Crippen LogP) is 2.81. The molecule has 1 rings (SSSR count). The number of amides is 2. The van der Waals surface area contributed by atoms with Crippen LogP contribution in [-0.2, 0) is 0 Å². The Bertz CT molecular complexity index is 238. The Morgan fingerprint density at radius 3 is 2.44 bits per heavy atom. The summed E-state index contributed by atoms with van der Waals surface area (Å²) in [6, 6.07) is 0.479. The number of carbonyl (C=O) groups excluding carboxylic acids is 1. The molecule has 0 aromatic heterocycles. The third kappa shape index (κ3) is 3.13. The number of hydrogen-bond acceptors (Lipinski definition) is 1. The van der Waals surface area contributed by atoms with Crippen LogP contribution in [0.5, 0.6) is 0 Å². The molecule has 0 radical (unpaired) electrons. The predicted molar refractivity (Wildman–Crippen MR) is 67.4 cm³/mol. The van der Waals surface area contributed by atoms with Gasteiger partial charge in [0.1, 0.15) is 0 Å². The summed E-state index contributed by atoms with van der Waals surface area (Å²) < 4.78 is 0. The van der Waals surface area contributed by atoms with Crippen molar-refractivity contribution in [3.8, 4) is 0 Å². The normalized spacial score (nSPS) is 21.7. The van der Waals surface area contributed by atoms with E-state index in [2.05, 4.69) is 27.7 Å². The molecule has 1 atom stereocenters. The van der Waals surface area contributed by atoms with Crippen LogP contribution in [0.15, 0.2) is 0 Å². The van der Waals surface area contributed by atoms with E-state index in [-0.39, 0.29) is 12.1 Å². The smallest absolute Gasteiger partial charge is 0.319 e. The number of hydrogen-bond donors (Lipinski definition) is 0. The topological polar surface area (TPSA) is 23.6 Å². The van der Waals surface area contributed by atoms with Crippen LogP contribution in [0.2, 0.25) is 0 Å². The van der Waals surface area contributed by atoms with Crippen LogP contribution in [0.3, 0.4) is 0 Å². The van der Waals surface area contributed by atoms with Crippen molar-refractivity contribution in [1.29, 1.82) is 0 Å². The van der Waals surface area contributed by atoms with Crippen molar-refractivity contribution in [2.45, 2.75) is 46.6 Å². The van der Waals surface area contributed by atoms with Gasteiger partial charge in [0.15, 0.2) is 0 Å². The molecule has 3 nitrogen and oxygen atoms in total. The van der Waals surface area contributed by atoms with Crippen molar-refractivity contribution in [1.82, 2.24) is 9.80 Å². The molecule has 1 aliphatic heterocycles. The fraction of sp³-hybridized carbons (Fsp3) is 0.923. The molecule has 1 fully saturated rings. The van der Waals surface area contributed by atoms with E-state index in [1.165, 1.54) is 6.42 Å². The first-order chi connectivity index (χ1) is 7.43. The minimum atomic E-state index is 0.195. The molecule has 1 heterocycles. The van der Waals surface area contributed by atoms with Gasteiger partial charge in [-0.15, -0.1) is 0 Å². The van der Waals surface area contributed by atoms with Crippen molar-refractivity contribution in [3.63, 3.8) is 0 Å². The molecule has 1 unspecified atom stereocenters. The number of piperidine rings is 1. The summed E-state index contributed by atoms with van der Waals surface area (Å²) >= 11 is 0. The summed E-state index contributed by atoms with van der Waals surface area (Å²) in [6.45, 7) is 10.5. The Kier molecular flexibility index (Phi) is 4.63. The summed E-state index contributed by atoms with van der Waals surface area (Å²) in [6.07, 6.45) is 2.42. The third-order valence-electron chi connectivity index (χ3n) is 3.75. The van der Waals surface area contributed by atoms with E-state index in [4.69, 9.17) is 0 Å². The van der Waals surface area contributed by atoms with Gasteiger partial charge in [0.25, 0.3) is 0 Å². The van der Waals surface area contributed by atoms with Crippen LogP contribution >= 0.6 is 0 Å². The Hall–Kier alpha value is -0.730. The minimum absolute atomic E-state index is 0.195. The van der Waals surface area contributed by atoms with Crippen LogP contribution in [-0.4, -0.2) is 42.0 Å². The number of nitrogens with zero attached hydrogens (tertiary/aromatic N) is 2. The molecule has 1 aliphatic rings. The summed E-state index contributed by atoms with van der Waals surface area (Å²) in [7, 11) is 1.89. The van der Waals surface area contributed by atoms with Crippen molar-refractivity contribution >= 4 is 6.03 Å². The van der Waals surface area contributed by atoms with Gasteiger partial charge in [0.2, 0.25) is 0 Å². The second-order valence-corrected chi connectivity index (χ2v) is 5.58. The summed E-state index contributed by atoms with van der Waals surface area (Å²) in [5.41, 5.74) is 0. The SMILES string of the molecule is CC(C)C1CCCN(C(=O)N(C)C(C)C)C1. The van der Waals surface area contributed by atoms with Gasteiger partial charge in [-0.05, 0) is 38.5 Å². The monoisotopic (exact) mass is 226 g/mol. The lowest BCUT2D eigenvalue weighted by Crippen LogP contribution is -2.48. The van der Waals surface area contributed by atoms with Crippen LogP contribution < -0.4 is 0 Å². The van der Waals surface area contributed by atoms with Gasteiger partial charge in [-0.2, -0.15) is 0 Å². The zero-order valence-corrected chi connectivity index (χ0v) is 11.4. The molecule has 0 spiro atoms. The van der Waals surface area contributed by atoms with Crippen LogP contribution in [0.25, 0.3) is 0 Å². The standard InChI is InChI=1S/C13H26N2O/c1-10(2)12-7-6-8-15(9-12)13(16)14(5)11(3)4/h10-12H,6-9H2,1-5H3. The van der Waals surface area contributed by atoms with Gasteiger partial charge in [0.05, 0.1) is 0 Å². The van der Waals surface area contributed by atoms with E-state index in [9.17, 15) is 4.79 Å². The van der Waals surface area contributed by atoms with E-state index in [1.54, 1.807) is 0 Å². The first-order valence-electron chi connectivity index (χ1n) is 6.45. The van der Waals surface area contributed by atoms with E-state index >= 15 is 0 Å². The molecule has 0 aromatic carbocycles. The largest absolute Gasteiger partial charge is 0.325 e. The Balaban J connectivity index is 2.56. The van der Waals surface area contributed by atoms with Crippen LogP contribution in [0.4, 0.5) is 4.79 Å². The highest BCUT2D eigenvalue weighted by atomic mass is 16.2. The fourth-order valence-corrected chi connectivity index (χ4v) is 2.17. The van der Waals surface area contributed by atoms with Crippen LogP contribution in [0, 0.1) is 11.8 Å². The average Bonchev–Trinajstić information content (AvgIpc) is 2.27. The lowest BCUT2D eigenvalue weighted by Gasteiger charge is -2.37. The molecule has 0 saturated carbocycles. The number of rotatable bonds is 2. The van der Waals surface area contributed by atoms with Crippen molar-refractivity contribution in [3.05, 3.63) is 0 Å². The van der Waals surface area contributed by atoms with Gasteiger partial charge < -0.3 is 9.80 Å². The first kappa shape index (κ1) is 13.3. The van der Waals surface area contributed by atoms with Crippen molar-refractivity contribution < 1.29 is 4.79 Å². The van der Waals surface area contributed by atoms with E-state index in [0.29, 0.717) is 11.8 Å². The second kappa shape index (κ2) is 5.55. The molecular formula is C13H26N2O. The lowest BCUT2D eigenvalue weighted by molar-refractivity contribution is 0.117. The lowest BCUT2D eigenvalue weighted by atomic mass is 9.88. The number of urea groups is 1. The molecule has 2 amide bonds. The van der Waals surface area contributed by atoms with Gasteiger partial charge >= 0.3 is 6.03 Å². The highest BCUT2D eigenvalue weighted by molar-refractivity contribution is 5.74. The molecule has 16 heavy (non-hydrogen) atoms. The summed E-state index contributed by atoms with van der Waals surface area (Å²) in [5.74, 6) is 1.36. The molecule has 0 N–H and O–H groups in total.